The number of aryl methyl sites for hydroxylation is 1. The molecule has 3 heteroatoms. The molecule has 1 aromatic rings. The quantitative estimate of drug-likeness (QED) is 0.527. The molecule has 0 aliphatic rings. The number of nitriles is 1. The number of carbonyl (C=O) groups is 1. The molecule has 0 aliphatic heterocycles. The smallest absolute Gasteiger partial charge is 0.384 e. The van der Waals surface area contributed by atoms with E-state index in [1.54, 1.807) is 25.1 Å². The normalized spacial score (nSPS) is 8.56. The van der Waals surface area contributed by atoms with Crippen LogP contribution in [0, 0.1) is 30.1 Å². The van der Waals surface area contributed by atoms with Crippen molar-refractivity contribution < 1.29 is 9.53 Å². The summed E-state index contributed by atoms with van der Waals surface area (Å²) in [6.45, 7) is 3.87. The maximum absolute atomic E-state index is 11.0. The van der Waals surface area contributed by atoms with Gasteiger partial charge in [0.1, 0.15) is 0 Å². The largest absolute Gasteiger partial charge is 0.456 e. The predicted octanol–water partition coefficient (Wildman–Crippen LogP) is 1.78. The molecule has 0 heterocycles. The molecule has 1 aromatic carbocycles. The van der Waals surface area contributed by atoms with Crippen LogP contribution in [0.2, 0.25) is 0 Å². The van der Waals surface area contributed by atoms with Gasteiger partial charge in [-0.1, -0.05) is 5.92 Å². The van der Waals surface area contributed by atoms with Crippen LogP contribution in [0.15, 0.2) is 18.2 Å². The highest BCUT2D eigenvalue weighted by atomic mass is 16.5. The highest BCUT2D eigenvalue weighted by Gasteiger charge is 1.97. The Morgan fingerprint density at radius 2 is 2.25 bits per heavy atom. The highest BCUT2D eigenvalue weighted by molar-refractivity contribution is 5.89. The van der Waals surface area contributed by atoms with Crippen molar-refractivity contribution in [2.45, 2.75) is 13.8 Å². The van der Waals surface area contributed by atoms with Crippen molar-refractivity contribution in [3.05, 3.63) is 34.9 Å². The molecule has 80 valence electrons. The second-order valence-corrected chi connectivity index (χ2v) is 3.11. The minimum Gasteiger partial charge on any atom is -0.456 e. The molecule has 0 radical (unpaired) electrons. The van der Waals surface area contributed by atoms with E-state index in [-0.39, 0.29) is 0 Å². The molecule has 0 amide bonds. The van der Waals surface area contributed by atoms with E-state index >= 15 is 0 Å². The number of benzene rings is 1. The van der Waals surface area contributed by atoms with Gasteiger partial charge in [0.2, 0.25) is 0 Å². The van der Waals surface area contributed by atoms with E-state index in [0.717, 1.165) is 5.56 Å². The van der Waals surface area contributed by atoms with E-state index < -0.39 is 5.97 Å². The Bertz CT molecular complexity index is 501. The molecular formula is C13H11NO2. The highest BCUT2D eigenvalue weighted by Crippen LogP contribution is 2.08. The minimum atomic E-state index is -0.537. The number of hydrogen-bond acceptors (Lipinski definition) is 3. The van der Waals surface area contributed by atoms with E-state index in [4.69, 9.17) is 5.26 Å². The van der Waals surface area contributed by atoms with Crippen molar-refractivity contribution in [1.82, 2.24) is 0 Å². The molecule has 0 aromatic heterocycles. The van der Waals surface area contributed by atoms with Crippen LogP contribution in [-0.2, 0) is 9.53 Å². The lowest BCUT2D eigenvalue weighted by Crippen LogP contribution is -1.99. The molecule has 0 N–H and O–H groups in total. The molecule has 0 spiro atoms. The van der Waals surface area contributed by atoms with E-state index in [1.165, 1.54) is 0 Å². The first-order chi connectivity index (χ1) is 7.67. The van der Waals surface area contributed by atoms with Gasteiger partial charge in [0, 0.05) is 11.5 Å². The molecule has 0 unspecified atom stereocenters. The van der Waals surface area contributed by atoms with Crippen LogP contribution in [0.1, 0.15) is 23.6 Å². The summed E-state index contributed by atoms with van der Waals surface area (Å²) in [5.41, 5.74) is 2.16. The lowest BCUT2D eigenvalue weighted by Gasteiger charge is -1.96. The summed E-state index contributed by atoms with van der Waals surface area (Å²) in [7, 11) is 0. The molecule has 0 fully saturated rings. The second kappa shape index (κ2) is 5.58. The Morgan fingerprint density at radius 1 is 1.50 bits per heavy atom. The van der Waals surface area contributed by atoms with E-state index in [0.29, 0.717) is 17.7 Å². The Balaban J connectivity index is 2.87. The summed E-state index contributed by atoms with van der Waals surface area (Å²) in [5, 5.41) is 8.74. The Kier molecular flexibility index (Phi) is 4.12. The van der Waals surface area contributed by atoms with Crippen molar-refractivity contribution >= 4 is 5.97 Å². The summed E-state index contributed by atoms with van der Waals surface area (Å²) in [4.78, 5) is 11.0. The van der Waals surface area contributed by atoms with Gasteiger partial charge >= 0.3 is 5.97 Å². The van der Waals surface area contributed by atoms with Crippen molar-refractivity contribution in [3.63, 3.8) is 0 Å². The van der Waals surface area contributed by atoms with Gasteiger partial charge in [0.25, 0.3) is 0 Å². The van der Waals surface area contributed by atoms with Crippen LogP contribution in [0.3, 0.4) is 0 Å². The Morgan fingerprint density at radius 3 is 2.81 bits per heavy atom. The molecule has 0 aliphatic carbocycles. The van der Waals surface area contributed by atoms with Gasteiger partial charge < -0.3 is 4.74 Å². The Labute approximate surface area is 94.7 Å². The summed E-state index contributed by atoms with van der Waals surface area (Å²) in [5.74, 6) is 4.52. The third-order valence-corrected chi connectivity index (χ3v) is 1.93. The third-order valence-electron chi connectivity index (χ3n) is 1.93. The maximum Gasteiger partial charge on any atom is 0.384 e. The maximum atomic E-state index is 11.0. The summed E-state index contributed by atoms with van der Waals surface area (Å²) in [6, 6.07) is 7.23. The average molecular weight is 213 g/mol. The fraction of sp³-hybridized carbons (Fsp3) is 0.231. The Hall–Kier alpha value is -2.26. The number of carbonyl (C=O) groups excluding carboxylic acids is 1. The van der Waals surface area contributed by atoms with Crippen LogP contribution >= 0.6 is 0 Å². The topological polar surface area (TPSA) is 50.1 Å². The van der Waals surface area contributed by atoms with E-state index in [1.807, 2.05) is 6.92 Å². The first-order valence-electron chi connectivity index (χ1n) is 4.87. The van der Waals surface area contributed by atoms with Crippen LogP contribution in [0.4, 0.5) is 0 Å². The van der Waals surface area contributed by atoms with Crippen molar-refractivity contribution in [2.75, 3.05) is 6.61 Å². The third kappa shape index (κ3) is 3.15. The molecular weight excluding hydrogens is 202 g/mol. The zero-order valence-corrected chi connectivity index (χ0v) is 9.20. The van der Waals surface area contributed by atoms with E-state index in [9.17, 15) is 4.79 Å². The van der Waals surface area contributed by atoms with Gasteiger partial charge in [-0.25, -0.2) is 4.79 Å². The van der Waals surface area contributed by atoms with Crippen LogP contribution in [0.25, 0.3) is 0 Å². The van der Waals surface area contributed by atoms with Crippen LogP contribution in [0.5, 0.6) is 0 Å². The SMILES string of the molecule is CCOC(=O)C#Cc1ccc(C#N)c(C)c1. The van der Waals surface area contributed by atoms with Gasteiger partial charge in [-0.2, -0.15) is 5.26 Å². The molecule has 0 atom stereocenters. The predicted molar refractivity (Wildman–Crippen MR) is 59.4 cm³/mol. The molecule has 0 saturated carbocycles. The molecule has 0 bridgehead atoms. The van der Waals surface area contributed by atoms with Crippen LogP contribution < -0.4 is 0 Å². The van der Waals surface area contributed by atoms with E-state index in [2.05, 4.69) is 22.6 Å². The average Bonchev–Trinajstić information content (AvgIpc) is 2.27. The van der Waals surface area contributed by atoms with Crippen molar-refractivity contribution in [3.8, 4) is 17.9 Å². The van der Waals surface area contributed by atoms with Gasteiger partial charge in [-0.05, 0) is 37.6 Å². The fourth-order valence-electron chi connectivity index (χ4n) is 1.16. The lowest BCUT2D eigenvalue weighted by atomic mass is 10.1. The van der Waals surface area contributed by atoms with Gasteiger partial charge in [-0.15, -0.1) is 0 Å². The summed E-state index contributed by atoms with van der Waals surface area (Å²) < 4.78 is 4.67. The number of hydrogen-bond donors (Lipinski definition) is 0. The number of rotatable bonds is 1. The number of ether oxygens (including phenoxy) is 1. The summed E-state index contributed by atoms with van der Waals surface area (Å²) >= 11 is 0. The number of nitrogens with zero attached hydrogens (tertiary/aromatic N) is 1. The fourth-order valence-corrected chi connectivity index (χ4v) is 1.16. The second-order valence-electron chi connectivity index (χ2n) is 3.11. The van der Waals surface area contributed by atoms with Crippen molar-refractivity contribution in [2.24, 2.45) is 0 Å². The monoisotopic (exact) mass is 213 g/mol. The first kappa shape index (κ1) is 11.8. The summed E-state index contributed by atoms with van der Waals surface area (Å²) in [6.07, 6.45) is 0. The van der Waals surface area contributed by atoms with Gasteiger partial charge in [0.05, 0.1) is 18.2 Å². The standard InChI is InChI=1S/C13H11NO2/c1-3-16-13(15)7-5-11-4-6-12(9-14)10(2)8-11/h4,6,8H,3H2,1-2H3. The zero-order valence-electron chi connectivity index (χ0n) is 9.20. The first-order valence-corrected chi connectivity index (χ1v) is 4.87. The lowest BCUT2D eigenvalue weighted by molar-refractivity contribution is -0.136. The number of esters is 1. The minimum absolute atomic E-state index is 0.319. The molecule has 0 saturated heterocycles. The van der Waals surface area contributed by atoms with Crippen molar-refractivity contribution in [1.29, 1.82) is 5.26 Å². The zero-order chi connectivity index (χ0) is 12.0. The van der Waals surface area contributed by atoms with Crippen LogP contribution in [-0.4, -0.2) is 12.6 Å². The molecule has 3 nitrogen and oxygen atoms in total. The molecule has 16 heavy (non-hydrogen) atoms. The van der Waals surface area contributed by atoms with Gasteiger partial charge in [0.15, 0.2) is 0 Å². The van der Waals surface area contributed by atoms with Gasteiger partial charge in [-0.3, -0.25) is 0 Å². The molecule has 1 rings (SSSR count).